The summed E-state index contributed by atoms with van der Waals surface area (Å²) in [6.45, 7) is 0.480. The van der Waals surface area contributed by atoms with Gasteiger partial charge in [-0.1, -0.05) is 12.1 Å². The molecule has 0 saturated carbocycles. The Morgan fingerprint density at radius 3 is 2.60 bits per heavy atom. The van der Waals surface area contributed by atoms with E-state index in [1.165, 1.54) is 31.3 Å². The number of carbonyl (C=O) groups is 2. The molecule has 30 heavy (non-hydrogen) atoms. The molecule has 1 heterocycles. The summed E-state index contributed by atoms with van der Waals surface area (Å²) in [6, 6.07) is 11.3. The second kappa shape index (κ2) is 8.81. The third kappa shape index (κ3) is 4.35. The van der Waals surface area contributed by atoms with Crippen molar-refractivity contribution in [3.05, 3.63) is 58.1 Å². The fourth-order valence-electron chi connectivity index (χ4n) is 3.55. The van der Waals surface area contributed by atoms with Crippen LogP contribution in [0.15, 0.2) is 42.5 Å². The number of amides is 2. The molecule has 0 radical (unpaired) electrons. The molecule has 0 aliphatic carbocycles. The van der Waals surface area contributed by atoms with E-state index < -0.39 is 10.8 Å². The zero-order valence-corrected chi connectivity index (χ0v) is 17.0. The highest BCUT2D eigenvalue weighted by Crippen LogP contribution is 2.34. The van der Waals surface area contributed by atoms with Crippen molar-refractivity contribution < 1.29 is 24.0 Å². The first kappa shape index (κ1) is 21.1. The monoisotopic (exact) mass is 413 g/mol. The van der Waals surface area contributed by atoms with Gasteiger partial charge in [-0.15, -0.1) is 0 Å². The molecule has 2 aromatic rings. The summed E-state index contributed by atoms with van der Waals surface area (Å²) >= 11 is 0. The molecule has 1 aliphatic heterocycles. The fraction of sp³-hybridized carbons (Fsp3) is 0.333. The smallest absolute Gasteiger partial charge is 0.269 e. The maximum absolute atomic E-state index is 12.9. The van der Waals surface area contributed by atoms with Gasteiger partial charge in [0.15, 0.2) is 11.5 Å². The quantitative estimate of drug-likeness (QED) is 0.511. The Kier molecular flexibility index (Phi) is 6.20. The highest BCUT2D eigenvalue weighted by molar-refractivity contribution is 6.00. The summed E-state index contributed by atoms with van der Waals surface area (Å²) in [7, 11) is 4.68. The molecular weight excluding hydrogens is 390 g/mol. The molecule has 2 amide bonds. The van der Waals surface area contributed by atoms with Gasteiger partial charge in [-0.25, -0.2) is 0 Å². The van der Waals surface area contributed by atoms with Crippen LogP contribution in [0.2, 0.25) is 0 Å². The van der Waals surface area contributed by atoms with Gasteiger partial charge in [-0.2, -0.15) is 0 Å². The van der Waals surface area contributed by atoms with Crippen LogP contribution in [0.1, 0.15) is 12.0 Å². The first-order chi connectivity index (χ1) is 14.3. The molecule has 1 atom stereocenters. The number of hydrogen-bond donors (Lipinski definition) is 0. The molecule has 1 saturated heterocycles. The zero-order valence-electron chi connectivity index (χ0n) is 17.0. The van der Waals surface area contributed by atoms with Crippen molar-refractivity contribution in [3.8, 4) is 11.5 Å². The van der Waals surface area contributed by atoms with Gasteiger partial charge in [-0.3, -0.25) is 19.7 Å². The lowest BCUT2D eigenvalue weighted by Gasteiger charge is -2.22. The van der Waals surface area contributed by atoms with E-state index in [0.29, 0.717) is 22.7 Å². The highest BCUT2D eigenvalue weighted by atomic mass is 16.6. The van der Waals surface area contributed by atoms with Crippen LogP contribution < -0.4 is 14.4 Å². The number of benzene rings is 2. The number of rotatable bonds is 7. The van der Waals surface area contributed by atoms with Crippen LogP contribution in [0, 0.1) is 16.0 Å². The van der Waals surface area contributed by atoms with Crippen molar-refractivity contribution in [1.82, 2.24) is 4.90 Å². The third-order valence-electron chi connectivity index (χ3n) is 5.07. The minimum absolute atomic E-state index is 0.0241. The number of carbonyl (C=O) groups excluding carboxylic acids is 2. The lowest BCUT2D eigenvalue weighted by Crippen LogP contribution is -2.34. The highest BCUT2D eigenvalue weighted by Gasteiger charge is 2.36. The topological polar surface area (TPSA) is 102 Å². The van der Waals surface area contributed by atoms with Gasteiger partial charge in [0.1, 0.15) is 0 Å². The first-order valence-corrected chi connectivity index (χ1v) is 9.34. The van der Waals surface area contributed by atoms with Gasteiger partial charge in [0.2, 0.25) is 11.8 Å². The van der Waals surface area contributed by atoms with Crippen molar-refractivity contribution in [3.63, 3.8) is 0 Å². The summed E-state index contributed by atoms with van der Waals surface area (Å²) in [4.78, 5) is 39.0. The Balaban J connectivity index is 1.70. The van der Waals surface area contributed by atoms with Crippen molar-refractivity contribution in [2.75, 3.05) is 32.7 Å². The number of hydrogen-bond acceptors (Lipinski definition) is 6. The standard InChI is InChI=1S/C21H23N3O6/c1-22(12-14-5-4-6-17(9-14)24(27)28)21(26)15-10-20(25)23(13-15)16-7-8-18(29-2)19(11-16)30-3/h4-9,11,15H,10,12-13H2,1-3H3. The number of anilines is 1. The predicted molar refractivity (Wildman–Crippen MR) is 110 cm³/mol. The second-order valence-electron chi connectivity index (χ2n) is 7.07. The Morgan fingerprint density at radius 2 is 1.93 bits per heavy atom. The molecule has 9 nitrogen and oxygen atoms in total. The molecular formula is C21H23N3O6. The van der Waals surface area contributed by atoms with Crippen molar-refractivity contribution in [2.45, 2.75) is 13.0 Å². The first-order valence-electron chi connectivity index (χ1n) is 9.34. The SMILES string of the molecule is COc1ccc(N2CC(C(=O)N(C)Cc3cccc([N+](=O)[O-])c3)CC2=O)cc1OC. The Bertz CT molecular complexity index is 977. The average molecular weight is 413 g/mol. The Hall–Kier alpha value is -3.62. The van der Waals surface area contributed by atoms with Gasteiger partial charge < -0.3 is 19.3 Å². The number of non-ortho nitro benzene ring substituents is 1. The molecule has 0 aromatic heterocycles. The van der Waals surface area contributed by atoms with Gasteiger partial charge in [-0.05, 0) is 17.7 Å². The van der Waals surface area contributed by atoms with E-state index in [4.69, 9.17) is 9.47 Å². The molecule has 1 aliphatic rings. The molecule has 1 unspecified atom stereocenters. The minimum Gasteiger partial charge on any atom is -0.493 e. The number of nitro groups is 1. The number of nitro benzene ring substituents is 1. The molecule has 9 heteroatoms. The summed E-state index contributed by atoms with van der Waals surface area (Å²) in [5, 5.41) is 10.9. The van der Waals surface area contributed by atoms with Crippen LogP contribution in [-0.2, 0) is 16.1 Å². The lowest BCUT2D eigenvalue weighted by molar-refractivity contribution is -0.384. The molecule has 1 fully saturated rings. The molecule has 3 rings (SSSR count). The fourth-order valence-corrected chi connectivity index (χ4v) is 3.55. The Morgan fingerprint density at radius 1 is 1.20 bits per heavy atom. The van der Waals surface area contributed by atoms with Gasteiger partial charge in [0.05, 0.1) is 25.1 Å². The summed E-state index contributed by atoms with van der Waals surface area (Å²) in [6.07, 6.45) is 0.104. The third-order valence-corrected chi connectivity index (χ3v) is 5.07. The van der Waals surface area contributed by atoms with E-state index in [0.717, 1.165) is 0 Å². The van der Waals surface area contributed by atoms with Crippen LogP contribution in [0.3, 0.4) is 0 Å². The molecule has 2 aromatic carbocycles. The van der Waals surface area contributed by atoms with Crippen molar-refractivity contribution in [2.24, 2.45) is 5.92 Å². The normalized spacial score (nSPS) is 15.8. The summed E-state index contributed by atoms with van der Waals surface area (Å²) in [5.74, 6) is 0.231. The van der Waals surface area contributed by atoms with Gasteiger partial charge in [0, 0.05) is 50.4 Å². The molecule has 0 bridgehead atoms. The molecule has 0 N–H and O–H groups in total. The maximum atomic E-state index is 12.9. The average Bonchev–Trinajstić information content (AvgIpc) is 3.14. The summed E-state index contributed by atoms with van der Waals surface area (Å²) in [5.41, 5.74) is 1.26. The number of ether oxygens (including phenoxy) is 2. The second-order valence-corrected chi connectivity index (χ2v) is 7.07. The van der Waals surface area contributed by atoms with Crippen LogP contribution in [0.4, 0.5) is 11.4 Å². The van der Waals surface area contributed by atoms with E-state index in [1.807, 2.05) is 0 Å². The number of nitrogens with zero attached hydrogens (tertiary/aromatic N) is 3. The maximum Gasteiger partial charge on any atom is 0.269 e. The van der Waals surface area contributed by atoms with E-state index >= 15 is 0 Å². The predicted octanol–water partition coefficient (Wildman–Crippen LogP) is 2.62. The molecule has 158 valence electrons. The van der Waals surface area contributed by atoms with E-state index in [-0.39, 0.29) is 37.0 Å². The van der Waals surface area contributed by atoms with Crippen LogP contribution in [0.5, 0.6) is 11.5 Å². The van der Waals surface area contributed by atoms with E-state index in [2.05, 4.69) is 0 Å². The summed E-state index contributed by atoms with van der Waals surface area (Å²) < 4.78 is 10.5. The van der Waals surface area contributed by atoms with Crippen molar-refractivity contribution in [1.29, 1.82) is 0 Å². The van der Waals surface area contributed by atoms with Crippen LogP contribution in [0.25, 0.3) is 0 Å². The van der Waals surface area contributed by atoms with Crippen molar-refractivity contribution >= 4 is 23.2 Å². The largest absolute Gasteiger partial charge is 0.493 e. The molecule has 0 spiro atoms. The van der Waals surface area contributed by atoms with Gasteiger partial charge >= 0.3 is 0 Å². The number of methoxy groups -OCH3 is 2. The lowest BCUT2D eigenvalue weighted by atomic mass is 10.1. The van der Waals surface area contributed by atoms with E-state index in [1.54, 1.807) is 42.3 Å². The zero-order chi connectivity index (χ0) is 21.8. The minimum atomic E-state index is -0.491. The van der Waals surface area contributed by atoms with Crippen LogP contribution in [-0.4, -0.2) is 49.4 Å². The van der Waals surface area contributed by atoms with Gasteiger partial charge in [0.25, 0.3) is 5.69 Å². The van der Waals surface area contributed by atoms with E-state index in [9.17, 15) is 19.7 Å². The Labute approximate surface area is 173 Å². The van der Waals surface area contributed by atoms with Crippen LogP contribution >= 0.6 is 0 Å².